The van der Waals surface area contributed by atoms with Crippen LogP contribution in [-0.2, 0) is 14.9 Å². The van der Waals surface area contributed by atoms with Gasteiger partial charge in [-0.05, 0) is 59.8 Å². The molecule has 172 valence electrons. The summed E-state index contributed by atoms with van der Waals surface area (Å²) in [5, 5.41) is 5.54. The van der Waals surface area contributed by atoms with Crippen LogP contribution in [0, 0.1) is 21.0 Å². The highest BCUT2D eigenvalue weighted by molar-refractivity contribution is 14.1. The number of hydrogen-bond donors (Lipinski definition) is 3. The standard InChI is InChI=1S/C19H24F3IN4O3S/c1-12(11-30-3)24-8-9-27(2)31(28,29)26-17-7-5-14(20)18(22)19(17)25-16-6-4-13(23)10-15(16)21/h4-7,10,12,24-26H,8-9,11H2,1-3H3. The maximum absolute atomic E-state index is 14.5. The lowest BCUT2D eigenvalue weighted by Gasteiger charge is -2.22. The molecule has 0 heterocycles. The zero-order valence-electron chi connectivity index (χ0n) is 17.2. The van der Waals surface area contributed by atoms with E-state index >= 15 is 0 Å². The molecule has 0 aliphatic rings. The largest absolute Gasteiger partial charge is 0.383 e. The molecule has 1 unspecified atom stereocenters. The minimum Gasteiger partial charge on any atom is -0.383 e. The Morgan fingerprint density at radius 3 is 2.45 bits per heavy atom. The van der Waals surface area contributed by atoms with Gasteiger partial charge >= 0.3 is 10.2 Å². The average Bonchev–Trinajstić information content (AvgIpc) is 2.69. The molecule has 12 heteroatoms. The summed E-state index contributed by atoms with van der Waals surface area (Å²) in [6.07, 6.45) is 0. The lowest BCUT2D eigenvalue weighted by atomic mass is 10.2. The van der Waals surface area contributed by atoms with Crippen molar-refractivity contribution in [1.29, 1.82) is 0 Å². The second-order valence-electron chi connectivity index (χ2n) is 6.77. The topological polar surface area (TPSA) is 82.7 Å². The van der Waals surface area contributed by atoms with E-state index in [1.165, 1.54) is 19.2 Å². The van der Waals surface area contributed by atoms with Crippen molar-refractivity contribution in [3.05, 3.63) is 51.4 Å². The first kappa shape index (κ1) is 25.6. The Kier molecular flexibility index (Phi) is 9.36. The monoisotopic (exact) mass is 572 g/mol. The van der Waals surface area contributed by atoms with Crippen LogP contribution >= 0.6 is 22.6 Å². The molecule has 2 aromatic carbocycles. The quantitative estimate of drug-likeness (QED) is 0.359. The molecular weight excluding hydrogens is 548 g/mol. The van der Waals surface area contributed by atoms with Gasteiger partial charge < -0.3 is 15.4 Å². The summed E-state index contributed by atoms with van der Waals surface area (Å²) in [6, 6.07) is 6.00. The molecule has 1 atom stereocenters. The van der Waals surface area contributed by atoms with Crippen molar-refractivity contribution in [3.63, 3.8) is 0 Å². The van der Waals surface area contributed by atoms with Crippen molar-refractivity contribution < 1.29 is 26.3 Å². The van der Waals surface area contributed by atoms with E-state index in [9.17, 15) is 21.6 Å². The van der Waals surface area contributed by atoms with E-state index in [0.29, 0.717) is 16.7 Å². The molecule has 0 aliphatic heterocycles. The Labute approximate surface area is 193 Å². The Hall–Kier alpha value is -1.61. The number of halogens is 4. The smallest absolute Gasteiger partial charge is 0.301 e. The van der Waals surface area contributed by atoms with Crippen molar-refractivity contribution in [2.45, 2.75) is 13.0 Å². The summed E-state index contributed by atoms with van der Waals surface area (Å²) in [4.78, 5) is 0. The van der Waals surface area contributed by atoms with Crippen molar-refractivity contribution in [1.82, 2.24) is 9.62 Å². The molecule has 2 aromatic rings. The van der Waals surface area contributed by atoms with Gasteiger partial charge in [0.25, 0.3) is 0 Å². The second-order valence-corrected chi connectivity index (χ2v) is 9.80. The van der Waals surface area contributed by atoms with Crippen LogP contribution in [0.2, 0.25) is 0 Å². The number of nitrogens with one attached hydrogen (secondary N) is 3. The third-order valence-corrected chi connectivity index (χ3v) is 6.42. The number of likely N-dealkylation sites (N-methyl/N-ethyl adjacent to an activating group) is 1. The highest BCUT2D eigenvalue weighted by atomic mass is 127. The number of nitrogens with zero attached hydrogens (tertiary/aromatic N) is 1. The summed E-state index contributed by atoms with van der Waals surface area (Å²) >= 11 is 1.91. The highest BCUT2D eigenvalue weighted by Gasteiger charge is 2.22. The minimum absolute atomic E-state index is 0.0277. The van der Waals surface area contributed by atoms with E-state index in [2.05, 4.69) is 15.4 Å². The number of methoxy groups -OCH3 is 1. The van der Waals surface area contributed by atoms with Crippen LogP contribution < -0.4 is 15.4 Å². The molecular formula is C19H24F3IN4O3S. The highest BCUT2D eigenvalue weighted by Crippen LogP contribution is 2.32. The van der Waals surface area contributed by atoms with Crippen molar-refractivity contribution in [3.8, 4) is 0 Å². The number of benzene rings is 2. The number of hydrogen-bond acceptors (Lipinski definition) is 5. The van der Waals surface area contributed by atoms with Gasteiger partial charge in [-0.25, -0.2) is 13.2 Å². The summed E-state index contributed by atoms with van der Waals surface area (Å²) in [7, 11) is -1.19. The van der Waals surface area contributed by atoms with Crippen LogP contribution in [0.1, 0.15) is 6.92 Å². The predicted octanol–water partition coefficient (Wildman–Crippen LogP) is 3.67. The van der Waals surface area contributed by atoms with E-state index in [0.717, 1.165) is 16.4 Å². The molecule has 0 fully saturated rings. The van der Waals surface area contributed by atoms with Crippen molar-refractivity contribution in [2.75, 3.05) is 43.9 Å². The van der Waals surface area contributed by atoms with Crippen LogP contribution in [0.15, 0.2) is 30.3 Å². The molecule has 3 N–H and O–H groups in total. The first-order valence-electron chi connectivity index (χ1n) is 9.21. The van der Waals surface area contributed by atoms with Gasteiger partial charge in [-0.15, -0.1) is 0 Å². The summed E-state index contributed by atoms with van der Waals surface area (Å²) in [5.74, 6) is -3.24. The third-order valence-electron chi connectivity index (χ3n) is 4.27. The van der Waals surface area contributed by atoms with E-state index in [1.54, 1.807) is 13.2 Å². The normalized spacial score (nSPS) is 12.8. The fraction of sp³-hybridized carbons (Fsp3) is 0.368. The minimum atomic E-state index is -4.10. The Bertz CT molecular complexity index is 1010. The fourth-order valence-electron chi connectivity index (χ4n) is 2.60. The Balaban J connectivity index is 2.21. The Morgan fingerprint density at radius 1 is 1.13 bits per heavy atom. The SMILES string of the molecule is COCC(C)NCCN(C)S(=O)(=O)Nc1ccc(F)c(F)c1Nc1ccc(I)cc1F. The molecule has 0 saturated heterocycles. The van der Waals surface area contributed by atoms with Crippen molar-refractivity contribution >= 4 is 49.9 Å². The predicted molar refractivity (Wildman–Crippen MR) is 123 cm³/mol. The molecule has 7 nitrogen and oxygen atoms in total. The molecule has 0 saturated carbocycles. The van der Waals surface area contributed by atoms with Gasteiger partial charge in [0.1, 0.15) is 11.5 Å². The molecule has 2 rings (SSSR count). The maximum Gasteiger partial charge on any atom is 0.301 e. The lowest BCUT2D eigenvalue weighted by molar-refractivity contribution is 0.172. The second kappa shape index (κ2) is 11.3. The average molecular weight is 572 g/mol. The summed E-state index contributed by atoms with van der Waals surface area (Å²) < 4.78 is 76.6. The molecule has 31 heavy (non-hydrogen) atoms. The number of anilines is 3. The van der Waals surface area contributed by atoms with E-state index in [-0.39, 0.29) is 24.0 Å². The zero-order chi connectivity index (χ0) is 23.2. The lowest BCUT2D eigenvalue weighted by Crippen LogP contribution is -2.40. The van der Waals surface area contributed by atoms with Crippen LogP contribution in [-0.4, -0.2) is 52.6 Å². The first-order chi connectivity index (χ1) is 14.5. The van der Waals surface area contributed by atoms with Gasteiger partial charge in [0.15, 0.2) is 11.6 Å². The van der Waals surface area contributed by atoms with E-state index in [1.807, 2.05) is 29.5 Å². The van der Waals surface area contributed by atoms with Crippen LogP contribution in [0.25, 0.3) is 0 Å². The van der Waals surface area contributed by atoms with Gasteiger partial charge in [0.05, 0.1) is 18.0 Å². The van der Waals surface area contributed by atoms with Crippen LogP contribution in [0.4, 0.5) is 30.2 Å². The molecule has 0 aliphatic carbocycles. The molecule has 0 radical (unpaired) electrons. The zero-order valence-corrected chi connectivity index (χ0v) is 20.2. The van der Waals surface area contributed by atoms with Gasteiger partial charge in [-0.2, -0.15) is 12.7 Å². The van der Waals surface area contributed by atoms with E-state index in [4.69, 9.17) is 4.74 Å². The molecule has 0 aromatic heterocycles. The van der Waals surface area contributed by atoms with Gasteiger partial charge in [-0.3, -0.25) is 4.72 Å². The summed E-state index contributed by atoms with van der Waals surface area (Å²) in [5.41, 5.74) is -0.914. The summed E-state index contributed by atoms with van der Waals surface area (Å²) in [6.45, 7) is 2.81. The van der Waals surface area contributed by atoms with Crippen molar-refractivity contribution in [2.24, 2.45) is 0 Å². The number of ether oxygens (including phenoxy) is 1. The van der Waals surface area contributed by atoms with Gasteiger partial charge in [-0.1, -0.05) is 0 Å². The maximum atomic E-state index is 14.5. The molecule has 0 spiro atoms. The number of rotatable bonds is 11. The third kappa shape index (κ3) is 7.20. The van der Waals surface area contributed by atoms with Gasteiger partial charge in [0, 0.05) is 36.9 Å². The van der Waals surface area contributed by atoms with Gasteiger partial charge in [0.2, 0.25) is 0 Å². The van der Waals surface area contributed by atoms with E-state index < -0.39 is 33.3 Å². The first-order valence-corrected chi connectivity index (χ1v) is 11.7. The van der Waals surface area contributed by atoms with Crippen LogP contribution in [0.5, 0.6) is 0 Å². The van der Waals surface area contributed by atoms with Crippen LogP contribution in [0.3, 0.4) is 0 Å². The molecule has 0 amide bonds. The fourth-order valence-corrected chi connectivity index (χ4v) is 3.99. The molecule has 0 bridgehead atoms. The Morgan fingerprint density at radius 2 is 1.81 bits per heavy atom.